The molecule has 1 aromatic heterocycles. The summed E-state index contributed by atoms with van der Waals surface area (Å²) in [5, 5.41) is 6.51. The zero-order chi connectivity index (χ0) is 17.1. The summed E-state index contributed by atoms with van der Waals surface area (Å²) in [6, 6.07) is 0.229. The maximum atomic E-state index is 12.2. The van der Waals surface area contributed by atoms with Crippen molar-refractivity contribution in [3.63, 3.8) is 0 Å². The van der Waals surface area contributed by atoms with Crippen LogP contribution in [-0.4, -0.2) is 58.1 Å². The summed E-state index contributed by atoms with van der Waals surface area (Å²) < 4.78 is 4.87. The summed E-state index contributed by atoms with van der Waals surface area (Å²) in [6.45, 7) is 3.28. The summed E-state index contributed by atoms with van der Waals surface area (Å²) in [5.41, 5.74) is 0. The minimum Gasteiger partial charge on any atom is -0.340 e. The molecule has 2 aliphatic rings. The lowest BCUT2D eigenvalue weighted by molar-refractivity contribution is -0.129. The van der Waals surface area contributed by atoms with E-state index in [0.29, 0.717) is 30.7 Å². The fraction of sp³-hybridized carbons (Fsp3) is 0.750. The number of urea groups is 1. The molecule has 1 aromatic rings. The lowest BCUT2D eigenvalue weighted by Gasteiger charge is -2.25. The van der Waals surface area contributed by atoms with Gasteiger partial charge in [-0.05, 0) is 12.8 Å². The normalized spacial score (nSPS) is 21.5. The Morgan fingerprint density at radius 3 is 2.83 bits per heavy atom. The first-order chi connectivity index (χ1) is 11.5. The largest absolute Gasteiger partial charge is 0.340 e. The van der Waals surface area contributed by atoms with Gasteiger partial charge in [0.15, 0.2) is 5.82 Å². The molecule has 0 spiro atoms. The van der Waals surface area contributed by atoms with Gasteiger partial charge in [-0.15, -0.1) is 0 Å². The molecule has 3 rings (SSSR count). The molecule has 0 aromatic carbocycles. The molecular weight excluding hydrogens is 310 g/mol. The van der Waals surface area contributed by atoms with Gasteiger partial charge >= 0.3 is 6.03 Å². The van der Waals surface area contributed by atoms with Gasteiger partial charge in [0.1, 0.15) is 0 Å². The monoisotopic (exact) mass is 335 g/mol. The number of nitrogens with zero attached hydrogens (tertiary/aromatic N) is 4. The van der Waals surface area contributed by atoms with Crippen molar-refractivity contribution < 1.29 is 14.1 Å². The first-order valence-electron chi connectivity index (χ1n) is 8.60. The van der Waals surface area contributed by atoms with Crippen molar-refractivity contribution in [3.8, 4) is 0 Å². The SMILES string of the molecule is Cc1nc(CNC(=O)N(C)C[C@@H]2CC(=O)N(C3CCCC3)C2)no1. The van der Waals surface area contributed by atoms with E-state index in [1.807, 2.05) is 4.90 Å². The molecule has 1 atom stereocenters. The van der Waals surface area contributed by atoms with E-state index in [9.17, 15) is 9.59 Å². The van der Waals surface area contributed by atoms with E-state index in [-0.39, 0.29) is 24.4 Å². The molecule has 8 heteroatoms. The molecule has 1 saturated carbocycles. The Hall–Kier alpha value is -2.12. The van der Waals surface area contributed by atoms with Crippen LogP contribution in [0.4, 0.5) is 4.79 Å². The van der Waals surface area contributed by atoms with Gasteiger partial charge < -0.3 is 19.6 Å². The van der Waals surface area contributed by atoms with Crippen LogP contribution in [0.15, 0.2) is 4.52 Å². The number of hydrogen-bond acceptors (Lipinski definition) is 5. The Balaban J connectivity index is 1.45. The van der Waals surface area contributed by atoms with Gasteiger partial charge in [0.2, 0.25) is 11.8 Å². The predicted octanol–water partition coefficient (Wildman–Crippen LogP) is 1.31. The van der Waals surface area contributed by atoms with Crippen LogP contribution in [0.5, 0.6) is 0 Å². The molecule has 0 unspecified atom stereocenters. The van der Waals surface area contributed by atoms with Crippen molar-refractivity contribution >= 4 is 11.9 Å². The first-order valence-corrected chi connectivity index (χ1v) is 8.60. The number of carbonyl (C=O) groups is 2. The highest BCUT2D eigenvalue weighted by molar-refractivity contribution is 5.79. The maximum Gasteiger partial charge on any atom is 0.317 e. The van der Waals surface area contributed by atoms with Gasteiger partial charge in [-0.3, -0.25) is 4.79 Å². The number of carbonyl (C=O) groups excluding carboxylic acids is 2. The van der Waals surface area contributed by atoms with E-state index in [2.05, 4.69) is 15.5 Å². The zero-order valence-corrected chi connectivity index (χ0v) is 14.3. The summed E-state index contributed by atoms with van der Waals surface area (Å²) in [7, 11) is 1.75. The lowest BCUT2D eigenvalue weighted by atomic mass is 10.1. The van der Waals surface area contributed by atoms with Crippen molar-refractivity contribution in [2.75, 3.05) is 20.1 Å². The summed E-state index contributed by atoms with van der Waals surface area (Å²) in [4.78, 5) is 32.1. The minimum absolute atomic E-state index is 0.191. The molecule has 2 fully saturated rings. The second-order valence-corrected chi connectivity index (χ2v) is 6.82. The Morgan fingerprint density at radius 1 is 1.42 bits per heavy atom. The van der Waals surface area contributed by atoms with Gasteiger partial charge in [0.05, 0.1) is 6.54 Å². The fourth-order valence-corrected chi connectivity index (χ4v) is 3.67. The van der Waals surface area contributed by atoms with Crippen molar-refractivity contribution in [3.05, 3.63) is 11.7 Å². The van der Waals surface area contributed by atoms with Crippen LogP contribution in [0.25, 0.3) is 0 Å². The van der Waals surface area contributed by atoms with Crippen LogP contribution in [0, 0.1) is 12.8 Å². The highest BCUT2D eigenvalue weighted by Gasteiger charge is 2.36. The molecule has 3 amide bonds. The molecule has 132 valence electrons. The molecule has 2 heterocycles. The lowest BCUT2D eigenvalue weighted by Crippen LogP contribution is -2.40. The number of hydrogen-bond donors (Lipinski definition) is 1. The van der Waals surface area contributed by atoms with Gasteiger partial charge in [-0.1, -0.05) is 18.0 Å². The Labute approximate surface area is 141 Å². The van der Waals surface area contributed by atoms with Crippen LogP contribution in [0.1, 0.15) is 43.8 Å². The molecule has 8 nitrogen and oxygen atoms in total. The van der Waals surface area contributed by atoms with Crippen LogP contribution in [-0.2, 0) is 11.3 Å². The van der Waals surface area contributed by atoms with Gasteiger partial charge in [0, 0.05) is 45.4 Å². The van der Waals surface area contributed by atoms with Crippen LogP contribution >= 0.6 is 0 Å². The van der Waals surface area contributed by atoms with E-state index in [4.69, 9.17) is 4.52 Å². The van der Waals surface area contributed by atoms with Gasteiger partial charge in [0.25, 0.3) is 0 Å². The first kappa shape index (κ1) is 16.7. The number of aryl methyl sites for hydroxylation is 1. The number of nitrogens with one attached hydrogen (secondary N) is 1. The van der Waals surface area contributed by atoms with Crippen LogP contribution < -0.4 is 5.32 Å². The van der Waals surface area contributed by atoms with Crippen molar-refractivity contribution in [1.82, 2.24) is 25.3 Å². The standard InChI is InChI=1S/C16H25N5O3/c1-11-18-14(19-24-11)8-17-16(23)20(2)9-12-7-15(22)21(10-12)13-5-3-4-6-13/h12-13H,3-10H2,1-2H3,(H,17,23)/t12-/m0/s1. The van der Waals surface area contributed by atoms with Crippen molar-refractivity contribution in [1.29, 1.82) is 0 Å². The highest BCUT2D eigenvalue weighted by Crippen LogP contribution is 2.29. The third kappa shape index (κ3) is 3.85. The fourth-order valence-electron chi connectivity index (χ4n) is 3.67. The maximum absolute atomic E-state index is 12.2. The molecule has 24 heavy (non-hydrogen) atoms. The third-order valence-electron chi connectivity index (χ3n) is 4.85. The number of rotatable bonds is 5. The third-order valence-corrected chi connectivity index (χ3v) is 4.85. The van der Waals surface area contributed by atoms with E-state index in [0.717, 1.165) is 19.4 Å². The van der Waals surface area contributed by atoms with Crippen LogP contribution in [0.3, 0.4) is 0 Å². The second-order valence-electron chi connectivity index (χ2n) is 6.82. The Morgan fingerprint density at radius 2 is 2.17 bits per heavy atom. The number of aromatic nitrogens is 2. The van der Waals surface area contributed by atoms with Crippen LogP contribution in [0.2, 0.25) is 0 Å². The molecular formula is C16H25N5O3. The quantitative estimate of drug-likeness (QED) is 0.876. The molecule has 1 aliphatic carbocycles. The molecule has 1 saturated heterocycles. The number of likely N-dealkylation sites (tertiary alicyclic amines) is 1. The van der Waals surface area contributed by atoms with Crippen molar-refractivity contribution in [2.45, 2.75) is 51.6 Å². The molecule has 1 aliphatic heterocycles. The average molecular weight is 335 g/mol. The van der Waals surface area contributed by atoms with Gasteiger partial charge in [-0.2, -0.15) is 4.98 Å². The van der Waals surface area contributed by atoms with E-state index >= 15 is 0 Å². The van der Waals surface area contributed by atoms with Crippen molar-refractivity contribution in [2.24, 2.45) is 5.92 Å². The predicted molar refractivity (Wildman–Crippen MR) is 86.0 cm³/mol. The average Bonchev–Trinajstić information content (AvgIpc) is 3.26. The number of amides is 3. The van der Waals surface area contributed by atoms with E-state index in [1.54, 1.807) is 18.9 Å². The Bertz CT molecular complexity index is 596. The topological polar surface area (TPSA) is 91.6 Å². The zero-order valence-electron chi connectivity index (χ0n) is 14.3. The smallest absolute Gasteiger partial charge is 0.317 e. The summed E-state index contributed by atoms with van der Waals surface area (Å²) >= 11 is 0. The highest BCUT2D eigenvalue weighted by atomic mass is 16.5. The van der Waals surface area contributed by atoms with E-state index < -0.39 is 0 Å². The Kier molecular flexibility index (Phi) is 5.01. The van der Waals surface area contributed by atoms with E-state index in [1.165, 1.54) is 12.8 Å². The second kappa shape index (κ2) is 7.19. The molecule has 0 radical (unpaired) electrons. The minimum atomic E-state index is -0.191. The summed E-state index contributed by atoms with van der Waals surface area (Å²) in [5.74, 6) is 1.38. The summed E-state index contributed by atoms with van der Waals surface area (Å²) in [6.07, 6.45) is 5.23. The van der Waals surface area contributed by atoms with Gasteiger partial charge in [-0.25, -0.2) is 4.79 Å². The molecule has 0 bridgehead atoms. The molecule has 1 N–H and O–H groups in total.